The molecule has 0 saturated heterocycles. The molecule has 114 valence electrons. The normalized spacial score (nSPS) is 17.8. The van der Waals surface area contributed by atoms with Gasteiger partial charge in [0.05, 0.1) is 11.4 Å². The summed E-state index contributed by atoms with van der Waals surface area (Å²) in [5.74, 6) is -0.0824. The summed E-state index contributed by atoms with van der Waals surface area (Å²) in [7, 11) is 0. The molecule has 0 aliphatic carbocycles. The van der Waals surface area contributed by atoms with Crippen LogP contribution in [0.5, 0.6) is 0 Å². The molecule has 0 radical (unpaired) electrons. The molecule has 1 aromatic heterocycles. The molecule has 1 aliphatic heterocycles. The summed E-state index contributed by atoms with van der Waals surface area (Å²) in [5, 5.41) is 5.89. The van der Waals surface area contributed by atoms with E-state index in [2.05, 4.69) is 10.1 Å². The minimum atomic E-state index is -0.414. The van der Waals surface area contributed by atoms with Crippen molar-refractivity contribution in [2.24, 2.45) is 5.10 Å². The summed E-state index contributed by atoms with van der Waals surface area (Å²) in [6.45, 7) is 1.85. The van der Waals surface area contributed by atoms with Gasteiger partial charge in [-0.05, 0) is 43.0 Å². The molecular formula is C17H13N3O2S. The van der Waals surface area contributed by atoms with Crippen LogP contribution >= 0.6 is 11.8 Å². The van der Waals surface area contributed by atoms with Gasteiger partial charge in [-0.25, -0.2) is 4.98 Å². The molecule has 4 rings (SSSR count). The van der Waals surface area contributed by atoms with Gasteiger partial charge in [-0.1, -0.05) is 30.3 Å². The number of fused-ring (bicyclic) bond motifs is 1. The first-order valence-electron chi connectivity index (χ1n) is 7.19. The van der Waals surface area contributed by atoms with Crippen molar-refractivity contribution in [3.63, 3.8) is 0 Å². The first-order chi connectivity index (χ1) is 11.2. The van der Waals surface area contributed by atoms with Gasteiger partial charge in [-0.3, -0.25) is 4.79 Å². The van der Waals surface area contributed by atoms with E-state index >= 15 is 0 Å². The lowest BCUT2D eigenvalue weighted by Crippen LogP contribution is -2.28. The lowest BCUT2D eigenvalue weighted by Gasteiger charge is -2.12. The van der Waals surface area contributed by atoms with Crippen molar-refractivity contribution in [2.75, 3.05) is 5.01 Å². The van der Waals surface area contributed by atoms with Crippen molar-refractivity contribution in [1.29, 1.82) is 0 Å². The van der Waals surface area contributed by atoms with E-state index in [1.54, 1.807) is 0 Å². The van der Waals surface area contributed by atoms with Crippen LogP contribution in [-0.2, 0) is 4.79 Å². The topological polar surface area (TPSA) is 58.7 Å². The first kappa shape index (κ1) is 14.0. The molecule has 5 nitrogen and oxygen atoms in total. The Morgan fingerprint density at radius 3 is 2.61 bits per heavy atom. The zero-order valence-corrected chi connectivity index (χ0v) is 13.2. The van der Waals surface area contributed by atoms with Crippen LogP contribution < -0.4 is 5.01 Å². The van der Waals surface area contributed by atoms with Gasteiger partial charge in [0, 0.05) is 0 Å². The van der Waals surface area contributed by atoms with E-state index in [-0.39, 0.29) is 5.91 Å². The van der Waals surface area contributed by atoms with Crippen LogP contribution in [0.25, 0.3) is 11.1 Å². The zero-order valence-electron chi connectivity index (χ0n) is 12.3. The van der Waals surface area contributed by atoms with Crippen molar-refractivity contribution in [3.8, 4) is 0 Å². The predicted molar refractivity (Wildman–Crippen MR) is 90.7 cm³/mol. The summed E-state index contributed by atoms with van der Waals surface area (Å²) < 4.78 is 5.69. The van der Waals surface area contributed by atoms with Crippen molar-refractivity contribution in [1.82, 2.24) is 4.98 Å². The fraction of sp³-hybridized carbons (Fsp3) is 0.118. The van der Waals surface area contributed by atoms with E-state index in [9.17, 15) is 4.79 Å². The van der Waals surface area contributed by atoms with E-state index in [0.717, 1.165) is 22.5 Å². The maximum absolute atomic E-state index is 12.7. The van der Waals surface area contributed by atoms with Gasteiger partial charge in [0.25, 0.3) is 11.1 Å². The largest absolute Gasteiger partial charge is 0.431 e. The highest BCUT2D eigenvalue weighted by Gasteiger charge is 2.36. The number of thioether (sulfide) groups is 1. The zero-order chi connectivity index (χ0) is 15.8. The molecule has 1 amide bonds. The van der Waals surface area contributed by atoms with Crippen molar-refractivity contribution >= 4 is 40.2 Å². The standard InChI is InChI=1S/C17H13N3O2S/c1-11-15(16(21)20(19-11)12-7-3-2-4-8-12)23-17-18-13-9-5-6-10-14(13)22-17/h2-10,15H,1H3/t15-/m0/s1. The minimum absolute atomic E-state index is 0.0824. The van der Waals surface area contributed by atoms with Gasteiger partial charge in [-0.15, -0.1) is 0 Å². The number of hydrogen-bond acceptors (Lipinski definition) is 5. The average molecular weight is 323 g/mol. The maximum atomic E-state index is 12.7. The van der Waals surface area contributed by atoms with Crippen LogP contribution in [0, 0.1) is 0 Å². The van der Waals surface area contributed by atoms with Crippen LogP contribution in [0.1, 0.15) is 6.92 Å². The van der Waals surface area contributed by atoms with Crippen LogP contribution in [0.15, 0.2) is 69.3 Å². The quantitative estimate of drug-likeness (QED) is 0.737. The van der Waals surface area contributed by atoms with E-state index in [1.165, 1.54) is 16.8 Å². The maximum Gasteiger partial charge on any atom is 0.266 e. The lowest BCUT2D eigenvalue weighted by atomic mass is 10.3. The molecule has 0 saturated carbocycles. The smallest absolute Gasteiger partial charge is 0.266 e. The molecule has 1 aliphatic rings. The third-order valence-corrected chi connectivity index (χ3v) is 4.72. The second kappa shape index (κ2) is 5.55. The number of benzene rings is 2. The fourth-order valence-electron chi connectivity index (χ4n) is 2.44. The number of amides is 1. The number of hydrazone groups is 1. The molecule has 1 atom stereocenters. The van der Waals surface area contributed by atoms with E-state index in [4.69, 9.17) is 4.42 Å². The summed E-state index contributed by atoms with van der Waals surface area (Å²) in [4.78, 5) is 17.1. The number of aromatic nitrogens is 1. The number of rotatable bonds is 3. The van der Waals surface area contributed by atoms with Crippen LogP contribution in [0.4, 0.5) is 5.69 Å². The third-order valence-electron chi connectivity index (χ3n) is 3.56. The number of carbonyl (C=O) groups is 1. The van der Waals surface area contributed by atoms with Crippen molar-refractivity contribution in [3.05, 3.63) is 54.6 Å². The number of hydrogen-bond donors (Lipinski definition) is 0. The Labute approximate surface area is 137 Å². The van der Waals surface area contributed by atoms with Crippen molar-refractivity contribution < 1.29 is 9.21 Å². The number of nitrogens with zero attached hydrogens (tertiary/aromatic N) is 3. The Bertz CT molecular complexity index is 871. The number of anilines is 1. The minimum Gasteiger partial charge on any atom is -0.431 e. The molecule has 2 heterocycles. The Morgan fingerprint density at radius 2 is 1.83 bits per heavy atom. The molecule has 0 bridgehead atoms. The van der Waals surface area contributed by atoms with E-state index in [1.807, 2.05) is 61.5 Å². The van der Waals surface area contributed by atoms with Gasteiger partial charge in [-0.2, -0.15) is 10.1 Å². The molecule has 2 aromatic carbocycles. The van der Waals surface area contributed by atoms with Crippen LogP contribution in [0.2, 0.25) is 0 Å². The van der Waals surface area contributed by atoms with E-state index in [0.29, 0.717) is 5.22 Å². The van der Waals surface area contributed by atoms with Gasteiger partial charge >= 0.3 is 0 Å². The van der Waals surface area contributed by atoms with E-state index < -0.39 is 5.25 Å². The van der Waals surface area contributed by atoms with Gasteiger partial charge in [0.2, 0.25) is 0 Å². The predicted octanol–water partition coefficient (Wildman–Crippen LogP) is 3.71. The summed E-state index contributed by atoms with van der Waals surface area (Å²) >= 11 is 1.29. The molecule has 0 N–H and O–H groups in total. The number of carbonyl (C=O) groups excluding carboxylic acids is 1. The molecule has 23 heavy (non-hydrogen) atoms. The Kier molecular flexibility index (Phi) is 3.38. The fourth-order valence-corrected chi connectivity index (χ4v) is 3.35. The third kappa shape index (κ3) is 2.51. The Hall–Kier alpha value is -2.60. The SMILES string of the molecule is CC1=NN(c2ccccc2)C(=O)[C@H]1Sc1nc2ccccc2o1. The molecule has 0 unspecified atom stereocenters. The molecule has 6 heteroatoms. The second-order valence-corrected chi connectivity index (χ2v) is 6.23. The molecule has 0 fully saturated rings. The van der Waals surface area contributed by atoms with Crippen LogP contribution in [-0.4, -0.2) is 21.9 Å². The summed E-state index contributed by atoms with van der Waals surface area (Å²) in [5.41, 5.74) is 3.01. The Morgan fingerprint density at radius 1 is 1.09 bits per heavy atom. The highest BCUT2D eigenvalue weighted by Crippen LogP contribution is 2.32. The highest BCUT2D eigenvalue weighted by molar-refractivity contribution is 8.01. The summed E-state index contributed by atoms with van der Waals surface area (Å²) in [6.07, 6.45) is 0. The van der Waals surface area contributed by atoms with Gasteiger partial charge < -0.3 is 4.42 Å². The molecular weight excluding hydrogens is 310 g/mol. The summed E-state index contributed by atoms with van der Waals surface area (Å²) in [6, 6.07) is 16.9. The molecule has 3 aromatic rings. The first-order valence-corrected chi connectivity index (χ1v) is 8.07. The van der Waals surface area contributed by atoms with Gasteiger partial charge in [0.1, 0.15) is 10.8 Å². The van der Waals surface area contributed by atoms with Gasteiger partial charge in [0.15, 0.2) is 5.58 Å². The molecule has 0 spiro atoms. The van der Waals surface area contributed by atoms with Crippen LogP contribution in [0.3, 0.4) is 0 Å². The monoisotopic (exact) mass is 323 g/mol. The lowest BCUT2D eigenvalue weighted by molar-refractivity contribution is -0.116. The number of oxazole rings is 1. The number of para-hydroxylation sites is 3. The average Bonchev–Trinajstić information content (AvgIpc) is 3.11. The second-order valence-electron chi connectivity index (χ2n) is 5.17. The Balaban J connectivity index is 1.60. The highest BCUT2D eigenvalue weighted by atomic mass is 32.2. The van der Waals surface area contributed by atoms with Crippen molar-refractivity contribution in [2.45, 2.75) is 17.4 Å².